The van der Waals surface area contributed by atoms with Gasteiger partial charge in [-0.1, -0.05) is 0 Å². The summed E-state index contributed by atoms with van der Waals surface area (Å²) in [6.45, 7) is 0. The SMILES string of the molecule is O=C(O)CCc1cnc(-c2ccc(Br)s2)o1. The first-order chi connectivity index (χ1) is 7.65. The highest BCUT2D eigenvalue weighted by Gasteiger charge is 2.09. The van der Waals surface area contributed by atoms with E-state index in [0.29, 0.717) is 18.1 Å². The average molecular weight is 302 g/mol. The third-order valence-corrected chi connectivity index (χ3v) is 3.53. The molecule has 2 aromatic rings. The quantitative estimate of drug-likeness (QED) is 0.942. The predicted molar refractivity (Wildman–Crippen MR) is 63.5 cm³/mol. The minimum absolute atomic E-state index is 0.0583. The maximum Gasteiger partial charge on any atom is 0.303 e. The van der Waals surface area contributed by atoms with Crippen LogP contribution in [-0.4, -0.2) is 16.1 Å². The molecule has 0 fully saturated rings. The van der Waals surface area contributed by atoms with Gasteiger partial charge in [0.25, 0.3) is 0 Å². The molecule has 2 rings (SSSR count). The van der Waals surface area contributed by atoms with E-state index >= 15 is 0 Å². The van der Waals surface area contributed by atoms with Gasteiger partial charge < -0.3 is 9.52 Å². The van der Waals surface area contributed by atoms with Crippen LogP contribution >= 0.6 is 27.3 Å². The topological polar surface area (TPSA) is 63.3 Å². The van der Waals surface area contributed by atoms with Gasteiger partial charge in [0.2, 0.25) is 5.89 Å². The molecule has 0 unspecified atom stereocenters. The molecule has 2 heterocycles. The van der Waals surface area contributed by atoms with Crippen molar-refractivity contribution >= 4 is 33.2 Å². The Kier molecular flexibility index (Phi) is 3.40. The summed E-state index contributed by atoms with van der Waals surface area (Å²) in [6.07, 6.45) is 2.00. The summed E-state index contributed by atoms with van der Waals surface area (Å²) in [4.78, 5) is 15.4. The summed E-state index contributed by atoms with van der Waals surface area (Å²) in [7, 11) is 0. The molecule has 2 aromatic heterocycles. The van der Waals surface area contributed by atoms with Gasteiger partial charge in [-0.3, -0.25) is 4.79 Å². The molecule has 16 heavy (non-hydrogen) atoms. The van der Waals surface area contributed by atoms with Gasteiger partial charge in [-0.2, -0.15) is 0 Å². The van der Waals surface area contributed by atoms with Crippen LogP contribution in [0.2, 0.25) is 0 Å². The van der Waals surface area contributed by atoms with Gasteiger partial charge in [-0.05, 0) is 28.1 Å². The first kappa shape index (κ1) is 11.3. The predicted octanol–water partition coefficient (Wildman–Crippen LogP) is 3.18. The van der Waals surface area contributed by atoms with Gasteiger partial charge in [-0.25, -0.2) is 4.98 Å². The lowest BCUT2D eigenvalue weighted by Crippen LogP contribution is -1.96. The van der Waals surface area contributed by atoms with Crippen molar-refractivity contribution in [1.29, 1.82) is 0 Å². The monoisotopic (exact) mass is 301 g/mol. The molecule has 84 valence electrons. The van der Waals surface area contributed by atoms with Gasteiger partial charge in [0, 0.05) is 6.42 Å². The number of halogens is 1. The number of aliphatic carboxylic acids is 1. The van der Waals surface area contributed by atoms with E-state index in [1.807, 2.05) is 12.1 Å². The summed E-state index contributed by atoms with van der Waals surface area (Å²) in [6, 6.07) is 3.82. The summed E-state index contributed by atoms with van der Waals surface area (Å²) in [5.41, 5.74) is 0. The molecule has 0 atom stereocenters. The van der Waals surface area contributed by atoms with E-state index in [4.69, 9.17) is 9.52 Å². The molecule has 0 spiro atoms. The Bertz CT molecular complexity index is 506. The Hall–Kier alpha value is -1.14. The van der Waals surface area contributed by atoms with Crippen LogP contribution in [0.5, 0.6) is 0 Å². The van der Waals surface area contributed by atoms with Crippen molar-refractivity contribution in [3.8, 4) is 10.8 Å². The largest absolute Gasteiger partial charge is 0.481 e. The van der Waals surface area contributed by atoms with E-state index < -0.39 is 5.97 Å². The highest BCUT2D eigenvalue weighted by molar-refractivity contribution is 9.11. The summed E-state index contributed by atoms with van der Waals surface area (Å²) < 4.78 is 6.46. The second-order valence-corrected chi connectivity index (χ2v) is 5.59. The number of aryl methyl sites for hydroxylation is 1. The van der Waals surface area contributed by atoms with E-state index in [1.165, 1.54) is 11.3 Å². The maximum absolute atomic E-state index is 10.4. The van der Waals surface area contributed by atoms with Crippen LogP contribution in [0, 0.1) is 0 Å². The molecular formula is C10H8BrNO3S. The zero-order valence-electron chi connectivity index (χ0n) is 8.14. The van der Waals surface area contributed by atoms with Crippen LogP contribution in [0.4, 0.5) is 0 Å². The smallest absolute Gasteiger partial charge is 0.303 e. The molecule has 4 nitrogen and oxygen atoms in total. The minimum Gasteiger partial charge on any atom is -0.481 e. The second-order valence-electron chi connectivity index (χ2n) is 3.13. The molecule has 0 radical (unpaired) electrons. The van der Waals surface area contributed by atoms with Crippen LogP contribution in [0.1, 0.15) is 12.2 Å². The molecule has 0 saturated heterocycles. The van der Waals surface area contributed by atoms with Gasteiger partial charge in [0.15, 0.2) is 0 Å². The number of carbonyl (C=O) groups is 1. The Labute approximate surface area is 104 Å². The number of rotatable bonds is 4. The molecule has 0 aromatic carbocycles. The van der Waals surface area contributed by atoms with Gasteiger partial charge in [0.05, 0.1) is 21.3 Å². The highest BCUT2D eigenvalue weighted by Crippen LogP contribution is 2.30. The van der Waals surface area contributed by atoms with Crippen LogP contribution in [0.25, 0.3) is 10.8 Å². The van der Waals surface area contributed by atoms with E-state index in [-0.39, 0.29) is 6.42 Å². The average Bonchev–Trinajstić information content (AvgIpc) is 2.83. The molecule has 1 N–H and O–H groups in total. The number of aromatic nitrogens is 1. The Morgan fingerprint density at radius 1 is 1.56 bits per heavy atom. The molecule has 0 bridgehead atoms. The van der Waals surface area contributed by atoms with E-state index in [1.54, 1.807) is 6.20 Å². The van der Waals surface area contributed by atoms with E-state index in [2.05, 4.69) is 20.9 Å². The van der Waals surface area contributed by atoms with Crippen LogP contribution in [0.3, 0.4) is 0 Å². The van der Waals surface area contributed by atoms with Crippen LogP contribution in [-0.2, 0) is 11.2 Å². The molecule has 0 aliphatic carbocycles. The third kappa shape index (κ3) is 2.70. The second kappa shape index (κ2) is 4.80. The Morgan fingerprint density at radius 2 is 2.38 bits per heavy atom. The van der Waals surface area contributed by atoms with E-state index in [9.17, 15) is 4.79 Å². The van der Waals surface area contributed by atoms with Crippen molar-refractivity contribution in [3.05, 3.63) is 27.9 Å². The normalized spacial score (nSPS) is 10.6. The standard InChI is InChI=1S/C10H8BrNO3S/c11-8-3-2-7(16-8)10-12-5-6(15-10)1-4-9(13)14/h2-3,5H,1,4H2,(H,13,14). The first-order valence-electron chi connectivity index (χ1n) is 4.57. The van der Waals surface area contributed by atoms with Crippen molar-refractivity contribution in [2.75, 3.05) is 0 Å². The van der Waals surface area contributed by atoms with Crippen molar-refractivity contribution in [1.82, 2.24) is 4.98 Å². The molecular weight excluding hydrogens is 294 g/mol. The number of thiophene rings is 1. The third-order valence-electron chi connectivity index (χ3n) is 1.92. The first-order valence-corrected chi connectivity index (χ1v) is 6.18. The fourth-order valence-corrected chi connectivity index (χ4v) is 2.52. The molecule has 0 amide bonds. The Morgan fingerprint density at radius 3 is 3.00 bits per heavy atom. The van der Waals surface area contributed by atoms with Crippen molar-refractivity contribution in [3.63, 3.8) is 0 Å². The number of carboxylic acids is 1. The zero-order chi connectivity index (χ0) is 11.5. The number of hydrogen-bond acceptors (Lipinski definition) is 4. The molecule has 0 aliphatic heterocycles. The van der Waals surface area contributed by atoms with Crippen molar-refractivity contribution in [2.45, 2.75) is 12.8 Å². The molecule has 6 heteroatoms. The summed E-state index contributed by atoms with van der Waals surface area (Å²) in [5.74, 6) is 0.301. The fourth-order valence-electron chi connectivity index (χ4n) is 1.20. The number of hydrogen-bond donors (Lipinski definition) is 1. The Balaban J connectivity index is 2.10. The van der Waals surface area contributed by atoms with Crippen LogP contribution < -0.4 is 0 Å². The molecule has 0 aliphatic rings. The van der Waals surface area contributed by atoms with E-state index in [0.717, 1.165) is 8.66 Å². The zero-order valence-corrected chi connectivity index (χ0v) is 10.5. The highest BCUT2D eigenvalue weighted by atomic mass is 79.9. The van der Waals surface area contributed by atoms with Gasteiger partial charge in [0.1, 0.15) is 5.76 Å². The minimum atomic E-state index is -0.836. The lowest BCUT2D eigenvalue weighted by molar-refractivity contribution is -0.137. The number of oxazole rings is 1. The summed E-state index contributed by atoms with van der Waals surface area (Å²) in [5, 5.41) is 8.54. The maximum atomic E-state index is 10.4. The fraction of sp³-hybridized carbons (Fsp3) is 0.200. The van der Waals surface area contributed by atoms with Crippen LogP contribution in [0.15, 0.2) is 26.5 Å². The number of nitrogens with zero attached hydrogens (tertiary/aromatic N) is 1. The van der Waals surface area contributed by atoms with Crippen molar-refractivity contribution in [2.24, 2.45) is 0 Å². The van der Waals surface area contributed by atoms with Gasteiger partial charge in [-0.15, -0.1) is 11.3 Å². The molecule has 0 saturated carbocycles. The van der Waals surface area contributed by atoms with Gasteiger partial charge >= 0.3 is 5.97 Å². The lowest BCUT2D eigenvalue weighted by Gasteiger charge is -1.91. The van der Waals surface area contributed by atoms with Crippen molar-refractivity contribution < 1.29 is 14.3 Å². The summed E-state index contributed by atoms with van der Waals surface area (Å²) >= 11 is 4.88. The lowest BCUT2D eigenvalue weighted by atomic mass is 10.3. The number of carboxylic acid groups (broad SMARTS) is 1.